The maximum absolute atomic E-state index is 11.5. The molecule has 0 aromatic rings. The third kappa shape index (κ3) is 7.62. The number of rotatable bonds is 9. The summed E-state index contributed by atoms with van der Waals surface area (Å²) in [5, 5.41) is 105. The van der Waals surface area contributed by atoms with Crippen LogP contribution in [0.1, 0.15) is 65.2 Å². The summed E-state index contributed by atoms with van der Waals surface area (Å²) >= 11 is 0. The molecule has 21 atom stereocenters. The molecule has 0 bridgehead atoms. The maximum atomic E-state index is 11.5. The lowest BCUT2D eigenvalue weighted by Crippen LogP contribution is -2.67. The number of hydrogen-bond donors (Lipinski definition) is 10. The third-order valence-corrected chi connectivity index (χ3v) is 13.3. The quantitative estimate of drug-likeness (QED) is 0.115. The molecular formula is C36H60O16. The van der Waals surface area contributed by atoms with E-state index in [2.05, 4.69) is 20.4 Å². The summed E-state index contributed by atoms with van der Waals surface area (Å²) in [5.41, 5.74) is 1.04. The lowest BCUT2D eigenvalue weighted by Gasteiger charge is -2.56. The van der Waals surface area contributed by atoms with Crippen LogP contribution in [0.3, 0.4) is 0 Å². The van der Waals surface area contributed by atoms with Crippen molar-refractivity contribution in [3.63, 3.8) is 0 Å². The molecule has 0 aromatic heterocycles. The van der Waals surface area contributed by atoms with Gasteiger partial charge in [0.25, 0.3) is 0 Å². The molecule has 52 heavy (non-hydrogen) atoms. The molecule has 16 heteroatoms. The van der Waals surface area contributed by atoms with E-state index in [1.807, 2.05) is 0 Å². The fourth-order valence-corrected chi connectivity index (χ4v) is 10.3. The first-order valence-electron chi connectivity index (χ1n) is 18.9. The van der Waals surface area contributed by atoms with E-state index in [-0.39, 0.29) is 5.41 Å². The van der Waals surface area contributed by atoms with Gasteiger partial charge < -0.3 is 79.5 Å². The van der Waals surface area contributed by atoms with Crippen LogP contribution in [0.15, 0.2) is 12.2 Å². The first-order valence-corrected chi connectivity index (χ1v) is 18.9. The van der Waals surface area contributed by atoms with Crippen molar-refractivity contribution >= 4 is 0 Å². The van der Waals surface area contributed by atoms with Gasteiger partial charge in [0, 0.05) is 0 Å². The first-order chi connectivity index (χ1) is 24.7. The monoisotopic (exact) mass is 748 g/mol. The molecule has 3 aliphatic heterocycles. The molecule has 3 aliphatic carbocycles. The molecule has 6 rings (SSSR count). The summed E-state index contributed by atoms with van der Waals surface area (Å²) < 4.78 is 36.1. The molecule has 18 unspecified atom stereocenters. The molecule has 16 nitrogen and oxygen atoms in total. The molecule has 0 radical (unpaired) electrons. The second kappa shape index (κ2) is 16.7. The Morgan fingerprint density at radius 2 is 1.13 bits per heavy atom. The van der Waals surface area contributed by atoms with Gasteiger partial charge >= 0.3 is 0 Å². The highest BCUT2D eigenvalue weighted by molar-refractivity contribution is 5.12. The molecule has 0 aromatic carbocycles. The standard InChI is InChI=1S/C36H60O16/c1-15-5-4-10-36(3)18(15)7-6-17-11-16(2)20(9-8-19(17)36)47-35-32(52-34-30(46)28(44)25(41)22(13-38)49-34)31(26(42)23(14-39)50-35)51-33-29(45)27(43)24(40)21(12-37)48-33/h15,17-35,37-46H,2,4-14H2,1,3H3/t15-,17?,18?,19+,20?,21?,22?,23?,24?,25?,26?,27?,28?,29?,30?,31?,32?,33?,34?,35?,36+/m0/s1. The Labute approximate surface area is 303 Å². The zero-order chi connectivity index (χ0) is 37.6. The van der Waals surface area contributed by atoms with E-state index in [4.69, 9.17) is 28.4 Å². The van der Waals surface area contributed by atoms with Crippen molar-refractivity contribution in [2.75, 3.05) is 19.8 Å². The van der Waals surface area contributed by atoms with Gasteiger partial charge in [-0.1, -0.05) is 33.3 Å². The topological polar surface area (TPSA) is 258 Å². The van der Waals surface area contributed by atoms with Crippen molar-refractivity contribution in [3.05, 3.63) is 12.2 Å². The van der Waals surface area contributed by atoms with Crippen molar-refractivity contribution in [1.29, 1.82) is 0 Å². The summed E-state index contributed by atoms with van der Waals surface area (Å²) in [5.74, 6) is 2.20. The van der Waals surface area contributed by atoms with E-state index >= 15 is 0 Å². The number of ether oxygens (including phenoxy) is 6. The molecule has 3 heterocycles. The highest BCUT2D eigenvalue weighted by atomic mass is 16.8. The summed E-state index contributed by atoms with van der Waals surface area (Å²) in [6.07, 6.45) is -17.1. The fraction of sp³-hybridized carbons (Fsp3) is 0.944. The Morgan fingerprint density at radius 3 is 1.71 bits per heavy atom. The van der Waals surface area contributed by atoms with Crippen LogP contribution in [0.2, 0.25) is 0 Å². The summed E-state index contributed by atoms with van der Waals surface area (Å²) in [6, 6.07) is 0. The molecule has 0 amide bonds. The van der Waals surface area contributed by atoms with Crippen LogP contribution in [0, 0.1) is 29.1 Å². The predicted molar refractivity (Wildman–Crippen MR) is 178 cm³/mol. The van der Waals surface area contributed by atoms with Crippen LogP contribution in [0.5, 0.6) is 0 Å². The van der Waals surface area contributed by atoms with E-state index < -0.39 is 118 Å². The minimum atomic E-state index is -1.87. The highest BCUT2D eigenvalue weighted by Crippen LogP contribution is 2.60. The van der Waals surface area contributed by atoms with Gasteiger partial charge in [-0.3, -0.25) is 0 Å². The van der Waals surface area contributed by atoms with E-state index in [1.165, 1.54) is 25.7 Å². The molecule has 300 valence electrons. The van der Waals surface area contributed by atoms with Gasteiger partial charge in [0.05, 0.1) is 25.9 Å². The first kappa shape index (κ1) is 40.8. The van der Waals surface area contributed by atoms with E-state index in [0.717, 1.165) is 24.8 Å². The fourth-order valence-electron chi connectivity index (χ4n) is 10.3. The maximum Gasteiger partial charge on any atom is 0.187 e. The summed E-state index contributed by atoms with van der Waals surface area (Å²) in [7, 11) is 0. The van der Waals surface area contributed by atoms with E-state index in [1.54, 1.807) is 0 Å². The smallest absolute Gasteiger partial charge is 0.187 e. The normalized spacial score (nSPS) is 53.1. The molecule has 0 spiro atoms. The molecular weight excluding hydrogens is 688 g/mol. The van der Waals surface area contributed by atoms with Gasteiger partial charge in [-0.15, -0.1) is 0 Å². The largest absolute Gasteiger partial charge is 0.394 e. The lowest BCUT2D eigenvalue weighted by atomic mass is 9.49. The summed E-state index contributed by atoms with van der Waals surface area (Å²) in [6.45, 7) is 7.03. The minimum Gasteiger partial charge on any atom is -0.394 e. The van der Waals surface area contributed by atoms with Crippen LogP contribution >= 0.6 is 0 Å². The molecule has 3 saturated heterocycles. The Hall–Kier alpha value is -0.900. The molecule has 10 N–H and O–H groups in total. The van der Waals surface area contributed by atoms with Crippen LogP contribution in [0.4, 0.5) is 0 Å². The predicted octanol–water partition coefficient (Wildman–Crippen LogP) is -1.97. The SMILES string of the molecule is C=C1CC2CCC3[C@@H](C)CCC[C@@]3(C)[C@@H]2CCC1OC1OC(CO)C(O)C(OC2OC(CO)C(O)C(O)C2O)C1OC1OC(CO)C(O)C(O)C1O. The Bertz CT molecular complexity index is 1190. The minimum absolute atomic E-state index is 0.197. The van der Waals surface area contributed by atoms with Crippen molar-refractivity contribution < 1.29 is 79.5 Å². The third-order valence-electron chi connectivity index (χ3n) is 13.3. The van der Waals surface area contributed by atoms with Crippen molar-refractivity contribution in [2.45, 2.75) is 163 Å². The zero-order valence-corrected chi connectivity index (χ0v) is 30.0. The van der Waals surface area contributed by atoms with Gasteiger partial charge in [0.15, 0.2) is 18.9 Å². The van der Waals surface area contributed by atoms with Crippen molar-refractivity contribution in [3.8, 4) is 0 Å². The average Bonchev–Trinajstić information content (AvgIpc) is 3.28. The van der Waals surface area contributed by atoms with Crippen molar-refractivity contribution in [2.24, 2.45) is 29.1 Å². The highest BCUT2D eigenvalue weighted by Gasteiger charge is 2.56. The molecule has 6 aliphatic rings. The van der Waals surface area contributed by atoms with E-state index in [9.17, 15) is 51.1 Å². The van der Waals surface area contributed by atoms with Gasteiger partial charge in [0.2, 0.25) is 0 Å². The zero-order valence-electron chi connectivity index (χ0n) is 30.0. The Morgan fingerprint density at radius 1 is 0.615 bits per heavy atom. The van der Waals surface area contributed by atoms with Gasteiger partial charge in [-0.05, 0) is 73.2 Å². The number of fused-ring (bicyclic) bond motifs is 3. The van der Waals surface area contributed by atoms with Gasteiger partial charge in [-0.25, -0.2) is 0 Å². The van der Waals surface area contributed by atoms with E-state index in [0.29, 0.717) is 30.1 Å². The second-order valence-corrected chi connectivity index (χ2v) is 16.3. The number of hydrogen-bond acceptors (Lipinski definition) is 16. The lowest BCUT2D eigenvalue weighted by molar-refractivity contribution is -0.394. The average molecular weight is 749 g/mol. The molecule has 6 fully saturated rings. The van der Waals surface area contributed by atoms with Crippen molar-refractivity contribution in [1.82, 2.24) is 0 Å². The van der Waals surface area contributed by atoms with Gasteiger partial charge in [-0.2, -0.15) is 0 Å². The molecule has 3 saturated carbocycles. The van der Waals surface area contributed by atoms with Crippen LogP contribution in [-0.2, 0) is 28.4 Å². The number of aliphatic hydroxyl groups is 10. The summed E-state index contributed by atoms with van der Waals surface area (Å²) in [4.78, 5) is 0. The van der Waals surface area contributed by atoms with Gasteiger partial charge in [0.1, 0.15) is 73.2 Å². The Balaban J connectivity index is 1.29. The van der Waals surface area contributed by atoms with Crippen LogP contribution in [-0.4, -0.2) is 169 Å². The van der Waals surface area contributed by atoms with Crippen LogP contribution < -0.4 is 0 Å². The van der Waals surface area contributed by atoms with Crippen LogP contribution in [0.25, 0.3) is 0 Å². The Kier molecular flexibility index (Phi) is 13.1. The second-order valence-electron chi connectivity index (χ2n) is 16.3. The number of aliphatic hydroxyl groups excluding tert-OH is 10.